The van der Waals surface area contributed by atoms with Gasteiger partial charge in [0, 0.05) is 11.4 Å². The van der Waals surface area contributed by atoms with Crippen molar-refractivity contribution in [2.24, 2.45) is 0 Å². The fourth-order valence-corrected chi connectivity index (χ4v) is 2.15. The number of phenols is 1. The monoisotopic (exact) mass is 234 g/mol. The van der Waals surface area contributed by atoms with Gasteiger partial charge >= 0.3 is 0 Å². The van der Waals surface area contributed by atoms with Gasteiger partial charge in [-0.25, -0.2) is 0 Å². The number of thiophene rings is 1. The van der Waals surface area contributed by atoms with E-state index in [0.717, 1.165) is 0 Å². The molecule has 0 spiro atoms. The van der Waals surface area contributed by atoms with Crippen molar-refractivity contribution in [2.75, 3.05) is 7.11 Å². The van der Waals surface area contributed by atoms with Crippen LogP contribution in [0.25, 0.3) is 0 Å². The summed E-state index contributed by atoms with van der Waals surface area (Å²) in [7, 11) is 1.55. The Bertz CT molecular complexity index is 516. The number of aromatic hydroxyl groups is 1. The number of methoxy groups -OCH3 is 1. The molecule has 0 aliphatic heterocycles. The number of para-hydroxylation sites is 1. The van der Waals surface area contributed by atoms with Gasteiger partial charge in [0.05, 0.1) is 17.6 Å². The number of carbonyl (C=O) groups excluding carboxylic acids is 1. The van der Waals surface area contributed by atoms with Gasteiger partial charge in [0.25, 0.3) is 0 Å². The maximum atomic E-state index is 12.0. The van der Waals surface area contributed by atoms with E-state index >= 15 is 0 Å². The van der Waals surface area contributed by atoms with Crippen LogP contribution in [0.1, 0.15) is 15.2 Å². The molecule has 0 unspecified atom stereocenters. The third kappa shape index (κ3) is 1.92. The van der Waals surface area contributed by atoms with Crippen LogP contribution in [0.3, 0.4) is 0 Å². The second-order valence-corrected chi connectivity index (χ2v) is 4.11. The van der Waals surface area contributed by atoms with Crippen molar-refractivity contribution in [3.8, 4) is 11.5 Å². The SMILES string of the molecule is COc1csc(C(=O)c2ccccc2O)c1. The van der Waals surface area contributed by atoms with E-state index in [1.165, 1.54) is 17.4 Å². The quantitative estimate of drug-likeness (QED) is 0.830. The minimum Gasteiger partial charge on any atom is -0.507 e. The predicted molar refractivity (Wildman–Crippen MR) is 62.4 cm³/mol. The van der Waals surface area contributed by atoms with E-state index in [0.29, 0.717) is 16.2 Å². The molecule has 0 aliphatic rings. The molecular formula is C12H10O3S. The van der Waals surface area contributed by atoms with Gasteiger partial charge in [-0.1, -0.05) is 12.1 Å². The number of ether oxygens (including phenoxy) is 1. The van der Waals surface area contributed by atoms with Crippen molar-refractivity contribution in [2.45, 2.75) is 0 Å². The van der Waals surface area contributed by atoms with E-state index in [-0.39, 0.29) is 11.5 Å². The van der Waals surface area contributed by atoms with Crippen LogP contribution in [0.4, 0.5) is 0 Å². The summed E-state index contributed by atoms with van der Waals surface area (Å²) in [6.07, 6.45) is 0. The lowest BCUT2D eigenvalue weighted by Crippen LogP contribution is -1.98. The first-order valence-corrected chi connectivity index (χ1v) is 5.55. The van der Waals surface area contributed by atoms with Crippen molar-refractivity contribution in [1.82, 2.24) is 0 Å². The fourth-order valence-electron chi connectivity index (χ4n) is 1.34. The van der Waals surface area contributed by atoms with Crippen LogP contribution in [0.15, 0.2) is 35.7 Å². The third-order valence-corrected chi connectivity index (χ3v) is 3.09. The van der Waals surface area contributed by atoms with E-state index in [1.54, 1.807) is 36.8 Å². The van der Waals surface area contributed by atoms with Crippen LogP contribution in [0, 0.1) is 0 Å². The molecule has 16 heavy (non-hydrogen) atoms. The molecule has 1 N–H and O–H groups in total. The first-order valence-electron chi connectivity index (χ1n) is 4.67. The molecule has 0 radical (unpaired) electrons. The van der Waals surface area contributed by atoms with Crippen LogP contribution in [0.5, 0.6) is 11.5 Å². The Morgan fingerprint density at radius 3 is 2.75 bits per heavy atom. The zero-order chi connectivity index (χ0) is 11.5. The largest absolute Gasteiger partial charge is 0.507 e. The number of rotatable bonds is 3. The highest BCUT2D eigenvalue weighted by Gasteiger charge is 2.15. The molecule has 0 bridgehead atoms. The van der Waals surface area contributed by atoms with E-state index in [9.17, 15) is 9.90 Å². The van der Waals surface area contributed by atoms with E-state index in [1.807, 2.05) is 0 Å². The Morgan fingerprint density at radius 1 is 1.38 bits per heavy atom. The molecule has 2 aromatic rings. The molecule has 0 amide bonds. The molecule has 0 aliphatic carbocycles. The zero-order valence-electron chi connectivity index (χ0n) is 8.64. The molecule has 1 aromatic heterocycles. The molecule has 0 saturated carbocycles. The maximum absolute atomic E-state index is 12.0. The predicted octanol–water partition coefficient (Wildman–Crippen LogP) is 2.69. The summed E-state index contributed by atoms with van der Waals surface area (Å²) in [6.45, 7) is 0. The van der Waals surface area contributed by atoms with Gasteiger partial charge in [-0.05, 0) is 12.1 Å². The van der Waals surface area contributed by atoms with Crippen molar-refractivity contribution < 1.29 is 14.6 Å². The van der Waals surface area contributed by atoms with Crippen LogP contribution in [-0.2, 0) is 0 Å². The van der Waals surface area contributed by atoms with Gasteiger partial charge in [-0.3, -0.25) is 4.79 Å². The Morgan fingerprint density at radius 2 is 2.12 bits per heavy atom. The number of hydrogen-bond donors (Lipinski definition) is 1. The molecule has 4 heteroatoms. The highest BCUT2D eigenvalue weighted by atomic mass is 32.1. The first-order chi connectivity index (χ1) is 7.72. The van der Waals surface area contributed by atoms with Gasteiger partial charge < -0.3 is 9.84 Å². The smallest absolute Gasteiger partial charge is 0.206 e. The molecule has 1 aromatic carbocycles. The lowest BCUT2D eigenvalue weighted by Gasteiger charge is -2.00. The topological polar surface area (TPSA) is 46.5 Å². The summed E-state index contributed by atoms with van der Waals surface area (Å²) in [4.78, 5) is 12.5. The number of ketones is 1. The molecule has 0 saturated heterocycles. The van der Waals surface area contributed by atoms with Crippen LogP contribution in [0.2, 0.25) is 0 Å². The second kappa shape index (κ2) is 4.37. The molecule has 0 fully saturated rings. The standard InChI is InChI=1S/C12H10O3S/c1-15-8-6-11(16-7-8)12(14)9-4-2-3-5-10(9)13/h2-7,13H,1H3. The summed E-state index contributed by atoms with van der Waals surface area (Å²) in [5, 5.41) is 11.3. The highest BCUT2D eigenvalue weighted by Crippen LogP contribution is 2.26. The normalized spacial score (nSPS) is 10.1. The zero-order valence-corrected chi connectivity index (χ0v) is 9.45. The van der Waals surface area contributed by atoms with Crippen LogP contribution < -0.4 is 4.74 Å². The van der Waals surface area contributed by atoms with Crippen molar-refractivity contribution in [1.29, 1.82) is 0 Å². The van der Waals surface area contributed by atoms with E-state index in [2.05, 4.69) is 0 Å². The minimum absolute atomic E-state index is 0.000123. The van der Waals surface area contributed by atoms with Crippen molar-refractivity contribution in [3.05, 3.63) is 46.2 Å². The molecule has 0 atom stereocenters. The number of hydrogen-bond acceptors (Lipinski definition) is 4. The molecular weight excluding hydrogens is 224 g/mol. The number of benzene rings is 1. The number of phenolic OH excluding ortho intramolecular Hbond substituents is 1. The molecule has 2 rings (SSSR count). The molecule has 1 heterocycles. The van der Waals surface area contributed by atoms with E-state index in [4.69, 9.17) is 4.74 Å². The third-order valence-electron chi connectivity index (χ3n) is 2.18. The maximum Gasteiger partial charge on any atom is 0.206 e. The van der Waals surface area contributed by atoms with Gasteiger partial charge in [0.1, 0.15) is 11.5 Å². The second-order valence-electron chi connectivity index (χ2n) is 3.20. The van der Waals surface area contributed by atoms with E-state index < -0.39 is 0 Å². The average molecular weight is 234 g/mol. The highest BCUT2D eigenvalue weighted by molar-refractivity contribution is 7.12. The summed E-state index contributed by atoms with van der Waals surface area (Å²) < 4.78 is 5.01. The summed E-state index contributed by atoms with van der Waals surface area (Å²) in [6, 6.07) is 8.17. The molecule has 82 valence electrons. The van der Waals surface area contributed by atoms with Gasteiger partial charge in [0.2, 0.25) is 5.78 Å². The van der Waals surface area contributed by atoms with Crippen molar-refractivity contribution in [3.63, 3.8) is 0 Å². The van der Waals surface area contributed by atoms with Crippen molar-refractivity contribution >= 4 is 17.1 Å². The lowest BCUT2D eigenvalue weighted by atomic mass is 10.1. The summed E-state index contributed by atoms with van der Waals surface area (Å²) in [5.41, 5.74) is 0.312. The lowest BCUT2D eigenvalue weighted by molar-refractivity contribution is 0.104. The Hall–Kier alpha value is -1.81. The Kier molecular flexibility index (Phi) is 2.92. The summed E-state index contributed by atoms with van der Waals surface area (Å²) >= 11 is 1.30. The average Bonchev–Trinajstić information content (AvgIpc) is 2.77. The number of carbonyl (C=O) groups is 1. The van der Waals surface area contributed by atoms with Gasteiger partial charge in [-0.2, -0.15) is 0 Å². The van der Waals surface area contributed by atoms with Crippen LogP contribution in [-0.4, -0.2) is 18.0 Å². The van der Waals surface area contributed by atoms with Crippen LogP contribution >= 0.6 is 11.3 Å². The minimum atomic E-state index is -0.189. The summed E-state index contributed by atoms with van der Waals surface area (Å²) in [5.74, 6) is 0.468. The Labute approximate surface area is 96.9 Å². The molecule has 3 nitrogen and oxygen atoms in total. The Balaban J connectivity index is 2.35. The first kappa shape index (κ1) is 10.7. The van der Waals surface area contributed by atoms with Gasteiger partial charge in [0.15, 0.2) is 0 Å². The van der Waals surface area contributed by atoms with Gasteiger partial charge in [-0.15, -0.1) is 11.3 Å². The fraction of sp³-hybridized carbons (Fsp3) is 0.0833.